The van der Waals surface area contributed by atoms with Gasteiger partial charge in [-0.15, -0.1) is 0 Å². The number of hydrogen-bond acceptors (Lipinski definition) is 6. The number of nitrogens with zero attached hydrogens (tertiary/aromatic N) is 3. The number of furan rings is 2. The molecule has 34 heavy (non-hydrogen) atoms. The summed E-state index contributed by atoms with van der Waals surface area (Å²) >= 11 is 0. The molecule has 0 unspecified atom stereocenters. The molecule has 3 heterocycles. The number of nitro groups is 1. The van der Waals surface area contributed by atoms with Gasteiger partial charge in [-0.25, -0.2) is 0 Å². The number of nitro benzene ring substituents is 1. The zero-order valence-corrected chi connectivity index (χ0v) is 18.0. The number of alkyl halides is 3. The van der Waals surface area contributed by atoms with Crippen molar-refractivity contribution in [1.29, 1.82) is 0 Å². The van der Waals surface area contributed by atoms with E-state index >= 15 is 0 Å². The molecule has 8 nitrogen and oxygen atoms in total. The molecule has 3 aromatic rings. The molecule has 1 fully saturated rings. The van der Waals surface area contributed by atoms with E-state index in [-0.39, 0.29) is 30.6 Å². The number of carbonyl (C=O) groups is 1. The molecule has 180 valence electrons. The lowest BCUT2D eigenvalue weighted by molar-refractivity contribution is -0.384. The second kappa shape index (κ2) is 9.62. The highest BCUT2D eigenvalue weighted by molar-refractivity contribution is 5.79. The van der Waals surface area contributed by atoms with Crippen LogP contribution in [0.3, 0.4) is 0 Å². The first-order valence-electron chi connectivity index (χ1n) is 10.7. The molecule has 0 bridgehead atoms. The van der Waals surface area contributed by atoms with Gasteiger partial charge >= 0.3 is 6.18 Å². The van der Waals surface area contributed by atoms with Gasteiger partial charge in [0.2, 0.25) is 5.91 Å². The van der Waals surface area contributed by atoms with E-state index in [1.807, 2.05) is 0 Å². The highest BCUT2D eigenvalue weighted by Gasteiger charge is 2.35. The predicted octanol–water partition coefficient (Wildman–Crippen LogP) is 5.25. The quantitative estimate of drug-likeness (QED) is 0.341. The Morgan fingerprint density at radius 2 is 1.65 bits per heavy atom. The minimum Gasteiger partial charge on any atom is -0.467 e. The summed E-state index contributed by atoms with van der Waals surface area (Å²) in [4.78, 5) is 27.2. The smallest absolute Gasteiger partial charge is 0.416 e. The first kappa shape index (κ1) is 23.4. The third kappa shape index (κ3) is 5.24. The summed E-state index contributed by atoms with van der Waals surface area (Å²) in [6, 6.07) is 9.54. The molecule has 0 saturated carbocycles. The number of carbonyl (C=O) groups excluding carboxylic acids is 1. The van der Waals surface area contributed by atoms with Crippen LogP contribution in [-0.4, -0.2) is 28.8 Å². The first-order chi connectivity index (χ1) is 16.2. The lowest BCUT2D eigenvalue weighted by Gasteiger charge is -2.35. The van der Waals surface area contributed by atoms with Gasteiger partial charge in [0.15, 0.2) is 0 Å². The maximum absolute atomic E-state index is 13.3. The summed E-state index contributed by atoms with van der Waals surface area (Å²) in [5.74, 6) is 0.805. The van der Waals surface area contributed by atoms with Gasteiger partial charge in [0.25, 0.3) is 5.69 Å². The fourth-order valence-corrected chi connectivity index (χ4v) is 4.13. The average Bonchev–Trinajstić information content (AvgIpc) is 3.52. The molecule has 0 N–H and O–H groups in total. The van der Waals surface area contributed by atoms with Crippen LogP contribution in [0, 0.1) is 16.0 Å². The monoisotopic (exact) mass is 477 g/mol. The molecule has 0 aliphatic carbocycles. The van der Waals surface area contributed by atoms with E-state index in [0.717, 1.165) is 12.1 Å². The summed E-state index contributed by atoms with van der Waals surface area (Å²) in [5.41, 5.74) is -1.55. The molecular formula is C23H22F3N3O5. The van der Waals surface area contributed by atoms with Crippen LogP contribution in [0.15, 0.2) is 63.8 Å². The lowest BCUT2D eigenvalue weighted by Crippen LogP contribution is -2.42. The van der Waals surface area contributed by atoms with E-state index in [4.69, 9.17) is 8.83 Å². The van der Waals surface area contributed by atoms with Gasteiger partial charge in [-0.3, -0.25) is 14.9 Å². The lowest BCUT2D eigenvalue weighted by atomic mass is 9.94. The molecular weight excluding hydrogens is 455 g/mol. The number of benzene rings is 1. The van der Waals surface area contributed by atoms with Crippen LogP contribution in [0.1, 0.15) is 29.9 Å². The largest absolute Gasteiger partial charge is 0.467 e. The molecule has 2 aromatic heterocycles. The number of halogens is 3. The second-order valence-corrected chi connectivity index (χ2v) is 8.07. The Morgan fingerprint density at radius 1 is 1.06 bits per heavy atom. The zero-order valence-electron chi connectivity index (χ0n) is 18.0. The van der Waals surface area contributed by atoms with Gasteiger partial charge in [0, 0.05) is 25.1 Å². The summed E-state index contributed by atoms with van der Waals surface area (Å²) in [6.07, 6.45) is -0.803. The van der Waals surface area contributed by atoms with E-state index in [1.165, 1.54) is 12.5 Å². The third-order valence-corrected chi connectivity index (χ3v) is 5.85. The Labute approximate surface area is 192 Å². The topological polar surface area (TPSA) is 93.0 Å². The maximum Gasteiger partial charge on any atom is 0.416 e. The van der Waals surface area contributed by atoms with E-state index in [2.05, 4.69) is 0 Å². The molecule has 1 aliphatic heterocycles. The van der Waals surface area contributed by atoms with Crippen molar-refractivity contribution in [3.8, 4) is 0 Å². The normalized spacial score (nSPS) is 14.9. The van der Waals surface area contributed by atoms with Crippen molar-refractivity contribution in [3.05, 3.63) is 82.2 Å². The summed E-state index contributed by atoms with van der Waals surface area (Å²) in [6.45, 7) is 1.13. The van der Waals surface area contributed by atoms with Crippen LogP contribution >= 0.6 is 0 Å². The minimum absolute atomic E-state index is 0.102. The van der Waals surface area contributed by atoms with Crippen molar-refractivity contribution in [2.75, 3.05) is 18.0 Å². The zero-order chi connectivity index (χ0) is 24.3. The highest BCUT2D eigenvalue weighted by Crippen LogP contribution is 2.38. The van der Waals surface area contributed by atoms with Gasteiger partial charge in [-0.1, -0.05) is 0 Å². The molecule has 0 radical (unpaired) electrons. The number of amides is 1. The Hall–Kier alpha value is -3.76. The van der Waals surface area contributed by atoms with Gasteiger partial charge in [0.1, 0.15) is 17.2 Å². The van der Waals surface area contributed by atoms with E-state index in [1.54, 1.807) is 34.1 Å². The van der Waals surface area contributed by atoms with Crippen molar-refractivity contribution in [3.63, 3.8) is 0 Å². The Kier molecular flexibility index (Phi) is 6.62. The molecule has 1 aliphatic rings. The predicted molar refractivity (Wildman–Crippen MR) is 115 cm³/mol. The Bertz CT molecular complexity index is 1090. The summed E-state index contributed by atoms with van der Waals surface area (Å²) in [7, 11) is 0. The van der Waals surface area contributed by atoms with Crippen molar-refractivity contribution in [1.82, 2.24) is 4.90 Å². The highest BCUT2D eigenvalue weighted by atomic mass is 19.4. The number of piperidine rings is 1. The first-order valence-corrected chi connectivity index (χ1v) is 10.7. The van der Waals surface area contributed by atoms with E-state index in [0.29, 0.717) is 43.5 Å². The second-order valence-electron chi connectivity index (χ2n) is 8.07. The van der Waals surface area contributed by atoms with Crippen LogP contribution in [0.4, 0.5) is 24.5 Å². The fraction of sp³-hybridized carbons (Fsp3) is 0.348. The van der Waals surface area contributed by atoms with E-state index < -0.39 is 22.4 Å². The molecule has 4 rings (SSSR count). The maximum atomic E-state index is 13.3. The molecule has 0 spiro atoms. The summed E-state index contributed by atoms with van der Waals surface area (Å²) < 4.78 is 49.8. The Balaban J connectivity index is 1.46. The summed E-state index contributed by atoms with van der Waals surface area (Å²) in [5, 5.41) is 11.4. The Morgan fingerprint density at radius 3 is 2.12 bits per heavy atom. The third-order valence-electron chi connectivity index (χ3n) is 5.85. The number of rotatable bonds is 7. The van der Waals surface area contributed by atoms with Crippen molar-refractivity contribution < 1.29 is 31.7 Å². The molecule has 11 heteroatoms. The SMILES string of the molecule is O=C(C1CCN(c2ccc(C(F)(F)F)cc2[N+](=O)[O-])CC1)N(Cc1ccco1)Cc1ccco1. The molecule has 1 amide bonds. The molecule has 1 aromatic carbocycles. The van der Waals surface area contributed by atoms with Gasteiger partial charge < -0.3 is 18.6 Å². The minimum atomic E-state index is -4.67. The number of hydrogen-bond donors (Lipinski definition) is 0. The van der Waals surface area contributed by atoms with Crippen LogP contribution in [-0.2, 0) is 24.1 Å². The van der Waals surface area contributed by atoms with Crippen molar-refractivity contribution in [2.45, 2.75) is 32.1 Å². The molecule has 1 saturated heterocycles. The van der Waals surface area contributed by atoms with Crippen LogP contribution < -0.4 is 4.90 Å². The van der Waals surface area contributed by atoms with Gasteiger partial charge in [-0.2, -0.15) is 13.2 Å². The average molecular weight is 477 g/mol. The van der Waals surface area contributed by atoms with Crippen LogP contribution in [0.25, 0.3) is 0 Å². The van der Waals surface area contributed by atoms with Gasteiger partial charge in [0.05, 0.1) is 36.1 Å². The molecule has 0 atom stereocenters. The van der Waals surface area contributed by atoms with Crippen LogP contribution in [0.2, 0.25) is 0 Å². The van der Waals surface area contributed by atoms with E-state index in [9.17, 15) is 28.1 Å². The van der Waals surface area contributed by atoms with Crippen molar-refractivity contribution >= 4 is 17.3 Å². The van der Waals surface area contributed by atoms with Gasteiger partial charge in [-0.05, 0) is 49.2 Å². The van der Waals surface area contributed by atoms with Crippen LogP contribution in [0.5, 0.6) is 0 Å². The van der Waals surface area contributed by atoms with Crippen molar-refractivity contribution in [2.24, 2.45) is 5.92 Å². The fourth-order valence-electron chi connectivity index (χ4n) is 4.13. The standard InChI is InChI=1S/C23H22F3N3O5/c24-23(25,26)17-5-6-20(21(13-17)29(31)32)27-9-7-16(8-10-27)22(30)28(14-18-3-1-11-33-18)15-19-4-2-12-34-19/h1-6,11-13,16H,7-10,14-15H2. The number of anilines is 1.